The highest BCUT2D eigenvalue weighted by Crippen LogP contribution is 2.24. The van der Waals surface area contributed by atoms with E-state index in [2.05, 4.69) is 51.9 Å². The largest absolute Gasteiger partial charge is 0.302 e. The quantitative estimate of drug-likeness (QED) is 0.263. The van der Waals surface area contributed by atoms with Gasteiger partial charge in [-0.3, -0.25) is 4.79 Å². The number of amides is 1. The number of hydrogen-bond donors (Lipinski definition) is 1. The maximum Gasteiger partial charge on any atom is 0.250 e. The number of thioether (sulfide) groups is 1. The molecule has 0 spiro atoms. The molecule has 0 atom stereocenters. The second-order valence-corrected chi connectivity index (χ2v) is 8.01. The van der Waals surface area contributed by atoms with Gasteiger partial charge in [-0.1, -0.05) is 84.1 Å². The summed E-state index contributed by atoms with van der Waals surface area (Å²) in [5.74, 6) is 0.822. The Bertz CT molecular complexity index is 1230. The molecule has 0 aliphatic heterocycles. The van der Waals surface area contributed by atoms with Gasteiger partial charge in [0.25, 0.3) is 5.91 Å². The lowest BCUT2D eigenvalue weighted by Crippen LogP contribution is -2.20. The van der Waals surface area contributed by atoms with E-state index in [9.17, 15) is 4.79 Å². The van der Waals surface area contributed by atoms with Gasteiger partial charge in [0.15, 0.2) is 11.0 Å². The van der Waals surface area contributed by atoms with Gasteiger partial charge in [-0.05, 0) is 24.6 Å². The highest BCUT2D eigenvalue weighted by atomic mass is 32.2. The summed E-state index contributed by atoms with van der Waals surface area (Å²) in [6.45, 7) is 4.82. The average Bonchev–Trinajstić information content (AvgIpc) is 3.21. The van der Waals surface area contributed by atoms with Crippen molar-refractivity contribution < 1.29 is 4.79 Å². The molecule has 6 nitrogen and oxygen atoms in total. The van der Waals surface area contributed by atoms with E-state index in [1.807, 2.05) is 54.0 Å². The summed E-state index contributed by atoms with van der Waals surface area (Å²) in [5.41, 5.74) is 5.76. The molecule has 0 unspecified atom stereocenters. The van der Waals surface area contributed by atoms with Gasteiger partial charge in [0.05, 0.1) is 12.0 Å². The molecule has 1 heterocycles. The molecule has 4 aromatic rings. The van der Waals surface area contributed by atoms with Crippen LogP contribution in [0.2, 0.25) is 0 Å². The van der Waals surface area contributed by atoms with Gasteiger partial charge >= 0.3 is 0 Å². The molecule has 1 aromatic heterocycles. The predicted octanol–water partition coefficient (Wildman–Crippen LogP) is 4.67. The summed E-state index contributed by atoms with van der Waals surface area (Å²) in [6, 6.07) is 22.3. The first-order valence-electron chi connectivity index (χ1n) is 10.1. The van der Waals surface area contributed by atoms with Crippen molar-refractivity contribution in [3.05, 3.63) is 77.9 Å². The number of nitrogens with zero attached hydrogens (tertiary/aromatic N) is 4. The second-order valence-electron chi connectivity index (χ2n) is 7.07. The van der Waals surface area contributed by atoms with Gasteiger partial charge in [0.1, 0.15) is 0 Å². The van der Waals surface area contributed by atoms with Crippen LogP contribution in [0.5, 0.6) is 0 Å². The first kappa shape index (κ1) is 20.8. The smallest absolute Gasteiger partial charge is 0.250 e. The molecule has 3 aromatic carbocycles. The van der Waals surface area contributed by atoms with Crippen LogP contribution in [0.3, 0.4) is 0 Å². The minimum Gasteiger partial charge on any atom is -0.302 e. The summed E-state index contributed by atoms with van der Waals surface area (Å²) < 4.78 is 2.02. The third-order valence-electron chi connectivity index (χ3n) is 4.89. The molecule has 7 heteroatoms. The third kappa shape index (κ3) is 4.83. The van der Waals surface area contributed by atoms with Crippen molar-refractivity contribution in [1.82, 2.24) is 20.2 Å². The Morgan fingerprint density at radius 1 is 1.06 bits per heavy atom. The second kappa shape index (κ2) is 9.57. The van der Waals surface area contributed by atoms with E-state index < -0.39 is 0 Å². The lowest BCUT2D eigenvalue weighted by atomic mass is 10.1. The molecular formula is C24H23N5OS. The van der Waals surface area contributed by atoms with Crippen LogP contribution in [-0.2, 0) is 11.3 Å². The number of hydrogen-bond acceptors (Lipinski definition) is 5. The number of rotatable bonds is 7. The van der Waals surface area contributed by atoms with E-state index in [1.54, 1.807) is 6.21 Å². The zero-order valence-corrected chi connectivity index (χ0v) is 18.3. The van der Waals surface area contributed by atoms with Crippen molar-refractivity contribution in [2.75, 3.05) is 5.75 Å². The summed E-state index contributed by atoms with van der Waals surface area (Å²) in [4.78, 5) is 12.3. The molecule has 0 saturated carbocycles. The molecule has 0 bridgehead atoms. The number of aryl methyl sites for hydroxylation is 1. The molecule has 1 amide bonds. The number of hydrazone groups is 1. The van der Waals surface area contributed by atoms with Crippen LogP contribution in [0.15, 0.2) is 77.0 Å². The fraction of sp³-hybridized carbons (Fsp3) is 0.167. The van der Waals surface area contributed by atoms with Gasteiger partial charge in [-0.25, -0.2) is 5.43 Å². The maximum atomic E-state index is 12.3. The van der Waals surface area contributed by atoms with Crippen LogP contribution in [0.25, 0.3) is 22.2 Å². The minimum absolute atomic E-state index is 0.191. The van der Waals surface area contributed by atoms with Gasteiger partial charge in [-0.2, -0.15) is 5.10 Å². The molecule has 0 fully saturated rings. The van der Waals surface area contributed by atoms with E-state index in [0.717, 1.165) is 34.3 Å². The Labute approximate surface area is 185 Å². The van der Waals surface area contributed by atoms with Crippen LogP contribution in [0, 0.1) is 6.92 Å². The fourth-order valence-corrected chi connectivity index (χ4v) is 4.09. The van der Waals surface area contributed by atoms with Crippen molar-refractivity contribution in [1.29, 1.82) is 0 Å². The Hall–Kier alpha value is -3.45. The summed E-state index contributed by atoms with van der Waals surface area (Å²) in [5, 5.41) is 15.7. The highest BCUT2D eigenvalue weighted by molar-refractivity contribution is 7.99. The predicted molar refractivity (Wildman–Crippen MR) is 126 cm³/mol. The van der Waals surface area contributed by atoms with Gasteiger partial charge < -0.3 is 4.57 Å². The van der Waals surface area contributed by atoms with E-state index in [-0.39, 0.29) is 11.7 Å². The standard InChI is InChI=1S/C24H23N5OS/c1-3-29-23(19-13-11-17(2)12-14-19)27-28-24(29)31-16-22(30)26-25-15-20-9-6-8-18-7-4-5-10-21(18)20/h4-15H,3,16H2,1-2H3,(H,26,30). The molecular weight excluding hydrogens is 406 g/mol. The SMILES string of the molecule is CCn1c(SCC(=O)NN=Cc2cccc3ccccc23)nnc1-c1ccc(C)cc1. The van der Waals surface area contributed by atoms with Crippen molar-refractivity contribution in [2.24, 2.45) is 5.10 Å². The average molecular weight is 430 g/mol. The Morgan fingerprint density at radius 3 is 2.65 bits per heavy atom. The fourth-order valence-electron chi connectivity index (χ4n) is 3.30. The number of aromatic nitrogens is 3. The zero-order valence-electron chi connectivity index (χ0n) is 17.4. The maximum absolute atomic E-state index is 12.3. The lowest BCUT2D eigenvalue weighted by molar-refractivity contribution is -0.118. The van der Waals surface area contributed by atoms with Crippen LogP contribution < -0.4 is 5.43 Å². The Balaban J connectivity index is 1.39. The summed E-state index contributed by atoms with van der Waals surface area (Å²) >= 11 is 1.35. The summed E-state index contributed by atoms with van der Waals surface area (Å²) in [7, 11) is 0. The third-order valence-corrected chi connectivity index (χ3v) is 5.86. The number of fused-ring (bicyclic) bond motifs is 1. The van der Waals surface area contributed by atoms with Crippen LogP contribution in [0.4, 0.5) is 0 Å². The van der Waals surface area contributed by atoms with Crippen molar-refractivity contribution in [3.8, 4) is 11.4 Å². The van der Waals surface area contributed by atoms with E-state index in [0.29, 0.717) is 5.16 Å². The molecule has 4 rings (SSSR count). The molecule has 31 heavy (non-hydrogen) atoms. The Morgan fingerprint density at radius 2 is 1.84 bits per heavy atom. The van der Waals surface area contributed by atoms with Crippen LogP contribution in [0.1, 0.15) is 18.1 Å². The first-order chi connectivity index (χ1) is 15.2. The Kier molecular flexibility index (Phi) is 6.43. The number of carbonyl (C=O) groups is 1. The van der Waals surface area contributed by atoms with E-state index in [1.165, 1.54) is 17.3 Å². The number of nitrogens with one attached hydrogen (secondary N) is 1. The zero-order chi connectivity index (χ0) is 21.6. The van der Waals surface area contributed by atoms with Gasteiger partial charge in [0, 0.05) is 17.7 Å². The summed E-state index contributed by atoms with van der Waals surface area (Å²) in [6.07, 6.45) is 1.68. The molecule has 0 radical (unpaired) electrons. The minimum atomic E-state index is -0.191. The normalized spacial score (nSPS) is 11.3. The van der Waals surface area contributed by atoms with E-state index in [4.69, 9.17) is 0 Å². The molecule has 0 saturated heterocycles. The number of benzene rings is 3. The molecule has 156 valence electrons. The molecule has 1 N–H and O–H groups in total. The monoisotopic (exact) mass is 429 g/mol. The van der Waals surface area contributed by atoms with Gasteiger partial charge in [0.2, 0.25) is 0 Å². The van der Waals surface area contributed by atoms with Crippen molar-refractivity contribution in [3.63, 3.8) is 0 Å². The number of carbonyl (C=O) groups excluding carboxylic acids is 1. The van der Waals surface area contributed by atoms with E-state index >= 15 is 0 Å². The van der Waals surface area contributed by atoms with Crippen LogP contribution >= 0.6 is 11.8 Å². The van der Waals surface area contributed by atoms with Gasteiger partial charge in [-0.15, -0.1) is 10.2 Å². The molecule has 0 aliphatic rings. The lowest BCUT2D eigenvalue weighted by Gasteiger charge is -2.07. The van der Waals surface area contributed by atoms with Crippen molar-refractivity contribution >= 4 is 34.7 Å². The van der Waals surface area contributed by atoms with Crippen molar-refractivity contribution in [2.45, 2.75) is 25.5 Å². The topological polar surface area (TPSA) is 72.2 Å². The van der Waals surface area contributed by atoms with Crippen LogP contribution in [-0.4, -0.2) is 32.6 Å². The first-order valence-corrected chi connectivity index (χ1v) is 11.1. The molecule has 0 aliphatic carbocycles. The highest BCUT2D eigenvalue weighted by Gasteiger charge is 2.14.